The third-order valence-electron chi connectivity index (χ3n) is 3.80. The average Bonchev–Trinajstić information content (AvgIpc) is 2.73. The molecule has 20 heavy (non-hydrogen) atoms. The molecule has 1 aliphatic heterocycles. The lowest BCUT2D eigenvalue weighted by atomic mass is 9.85. The Morgan fingerprint density at radius 2 is 1.90 bits per heavy atom. The van der Waals surface area contributed by atoms with Crippen molar-refractivity contribution in [3.05, 3.63) is 64.2 Å². The van der Waals surface area contributed by atoms with Crippen molar-refractivity contribution in [1.82, 2.24) is 0 Å². The fourth-order valence-electron chi connectivity index (χ4n) is 2.58. The van der Waals surface area contributed by atoms with Gasteiger partial charge in [0.25, 0.3) is 0 Å². The van der Waals surface area contributed by atoms with Crippen LogP contribution in [0.4, 0.5) is 0 Å². The van der Waals surface area contributed by atoms with Crippen LogP contribution in [0.15, 0.2) is 42.5 Å². The molecule has 1 atom stereocenters. The van der Waals surface area contributed by atoms with Gasteiger partial charge in [0.05, 0.1) is 6.61 Å². The molecule has 3 heteroatoms. The van der Waals surface area contributed by atoms with Crippen molar-refractivity contribution < 1.29 is 9.84 Å². The lowest BCUT2D eigenvalue weighted by Gasteiger charge is -2.18. The molecule has 0 saturated heterocycles. The first-order chi connectivity index (χ1) is 9.47. The monoisotopic (exact) mass is 288 g/mol. The van der Waals surface area contributed by atoms with Gasteiger partial charge in [0.1, 0.15) is 11.9 Å². The number of ether oxygens (including phenoxy) is 1. The summed E-state index contributed by atoms with van der Waals surface area (Å²) in [4.78, 5) is 0. The van der Waals surface area contributed by atoms with Gasteiger partial charge < -0.3 is 9.84 Å². The number of benzene rings is 2. The summed E-state index contributed by atoms with van der Waals surface area (Å²) >= 11 is 5.98. The molecule has 3 rings (SSSR count). The van der Waals surface area contributed by atoms with Crippen molar-refractivity contribution in [3.8, 4) is 5.75 Å². The van der Waals surface area contributed by atoms with Crippen molar-refractivity contribution in [2.75, 3.05) is 6.61 Å². The van der Waals surface area contributed by atoms with E-state index in [9.17, 15) is 5.11 Å². The Morgan fingerprint density at radius 3 is 2.65 bits per heavy atom. The van der Waals surface area contributed by atoms with Crippen LogP contribution in [0.1, 0.15) is 36.6 Å². The Bertz CT molecular complexity index is 649. The van der Waals surface area contributed by atoms with Crippen molar-refractivity contribution in [2.24, 2.45) is 0 Å². The van der Waals surface area contributed by atoms with Crippen LogP contribution >= 0.6 is 11.6 Å². The summed E-state index contributed by atoms with van der Waals surface area (Å²) in [6, 6.07) is 13.2. The van der Waals surface area contributed by atoms with E-state index in [4.69, 9.17) is 16.3 Å². The second kappa shape index (κ2) is 4.80. The molecule has 0 spiro atoms. The Hall–Kier alpha value is -1.51. The number of hydrogen-bond acceptors (Lipinski definition) is 2. The Kier molecular flexibility index (Phi) is 3.23. The minimum Gasteiger partial charge on any atom is -0.492 e. The van der Waals surface area contributed by atoms with E-state index in [0.717, 1.165) is 22.4 Å². The van der Waals surface area contributed by atoms with Crippen LogP contribution in [0, 0.1) is 0 Å². The topological polar surface area (TPSA) is 29.5 Å². The van der Waals surface area contributed by atoms with Crippen LogP contribution in [-0.4, -0.2) is 11.7 Å². The molecule has 2 aromatic carbocycles. The van der Waals surface area contributed by atoms with Crippen molar-refractivity contribution in [2.45, 2.75) is 25.4 Å². The van der Waals surface area contributed by atoms with E-state index >= 15 is 0 Å². The molecule has 1 unspecified atom stereocenters. The van der Waals surface area contributed by atoms with E-state index in [-0.39, 0.29) is 5.41 Å². The SMILES string of the molecule is CC1(C)COc2ccc(C(O)c3cccc(Cl)c3)cc21. The molecule has 0 aromatic heterocycles. The fraction of sp³-hybridized carbons (Fsp3) is 0.294. The third kappa shape index (κ3) is 2.30. The minimum absolute atomic E-state index is 0.0145. The first kappa shape index (κ1) is 13.5. The largest absolute Gasteiger partial charge is 0.492 e. The first-order valence-electron chi connectivity index (χ1n) is 6.68. The Labute approximate surface area is 124 Å². The molecule has 0 saturated carbocycles. The zero-order valence-electron chi connectivity index (χ0n) is 11.6. The molecular formula is C17H17ClO2. The molecule has 2 aromatic rings. The molecule has 104 valence electrons. The van der Waals surface area contributed by atoms with Crippen molar-refractivity contribution >= 4 is 11.6 Å². The molecule has 0 radical (unpaired) electrons. The van der Waals surface area contributed by atoms with E-state index in [2.05, 4.69) is 13.8 Å². The Morgan fingerprint density at radius 1 is 1.15 bits per heavy atom. The summed E-state index contributed by atoms with van der Waals surface area (Å²) in [5, 5.41) is 11.1. The molecule has 0 bridgehead atoms. The van der Waals surface area contributed by atoms with Crippen LogP contribution in [0.2, 0.25) is 5.02 Å². The summed E-state index contributed by atoms with van der Waals surface area (Å²) in [5.41, 5.74) is 2.80. The second-order valence-corrected chi connectivity index (χ2v) is 6.32. The third-order valence-corrected chi connectivity index (χ3v) is 4.04. The van der Waals surface area contributed by atoms with Gasteiger partial charge in [-0.15, -0.1) is 0 Å². The van der Waals surface area contributed by atoms with Crippen LogP contribution in [0.25, 0.3) is 0 Å². The second-order valence-electron chi connectivity index (χ2n) is 5.89. The van der Waals surface area contributed by atoms with Gasteiger partial charge >= 0.3 is 0 Å². The minimum atomic E-state index is -0.671. The predicted octanol–water partition coefficient (Wildman–Crippen LogP) is 4.09. The molecule has 1 heterocycles. The summed E-state index contributed by atoms with van der Waals surface area (Å²) in [7, 11) is 0. The molecular weight excluding hydrogens is 272 g/mol. The zero-order chi connectivity index (χ0) is 14.3. The van der Waals surface area contributed by atoms with Gasteiger partial charge in [-0.2, -0.15) is 0 Å². The molecule has 0 amide bonds. The summed E-state index contributed by atoms with van der Waals surface area (Å²) < 4.78 is 5.67. The highest BCUT2D eigenvalue weighted by Crippen LogP contribution is 2.40. The van der Waals surface area contributed by atoms with Gasteiger partial charge in [-0.05, 0) is 35.4 Å². The molecule has 2 nitrogen and oxygen atoms in total. The summed E-state index contributed by atoms with van der Waals surface area (Å²) in [5.74, 6) is 0.914. The fourth-order valence-corrected chi connectivity index (χ4v) is 2.78. The summed E-state index contributed by atoms with van der Waals surface area (Å²) in [6.07, 6.45) is -0.671. The number of aliphatic hydroxyl groups is 1. The lowest BCUT2D eigenvalue weighted by molar-refractivity contribution is 0.220. The maximum absolute atomic E-state index is 10.5. The lowest BCUT2D eigenvalue weighted by Crippen LogP contribution is -2.18. The van der Waals surface area contributed by atoms with E-state index in [1.807, 2.05) is 30.3 Å². The van der Waals surface area contributed by atoms with Gasteiger partial charge in [0.15, 0.2) is 0 Å². The molecule has 0 fully saturated rings. The van der Waals surface area contributed by atoms with E-state index in [1.54, 1.807) is 12.1 Å². The maximum Gasteiger partial charge on any atom is 0.123 e. The van der Waals surface area contributed by atoms with Gasteiger partial charge in [-0.1, -0.05) is 43.6 Å². The first-order valence-corrected chi connectivity index (χ1v) is 7.06. The highest BCUT2D eigenvalue weighted by molar-refractivity contribution is 6.30. The molecule has 1 aliphatic rings. The van der Waals surface area contributed by atoms with Gasteiger partial charge in [0, 0.05) is 16.0 Å². The van der Waals surface area contributed by atoms with Crippen LogP contribution in [0.3, 0.4) is 0 Å². The number of rotatable bonds is 2. The molecule has 0 aliphatic carbocycles. The molecule has 1 N–H and O–H groups in total. The number of fused-ring (bicyclic) bond motifs is 1. The van der Waals surface area contributed by atoms with Crippen molar-refractivity contribution in [1.29, 1.82) is 0 Å². The maximum atomic E-state index is 10.5. The van der Waals surface area contributed by atoms with E-state index in [0.29, 0.717) is 11.6 Å². The highest BCUT2D eigenvalue weighted by Gasteiger charge is 2.32. The van der Waals surface area contributed by atoms with Crippen LogP contribution in [0.5, 0.6) is 5.75 Å². The number of halogens is 1. The van der Waals surface area contributed by atoms with Gasteiger partial charge in [0.2, 0.25) is 0 Å². The van der Waals surface area contributed by atoms with Gasteiger partial charge in [-0.3, -0.25) is 0 Å². The number of hydrogen-bond donors (Lipinski definition) is 1. The van der Waals surface area contributed by atoms with E-state index in [1.165, 1.54) is 0 Å². The van der Waals surface area contributed by atoms with Crippen LogP contribution < -0.4 is 4.74 Å². The quantitative estimate of drug-likeness (QED) is 0.902. The highest BCUT2D eigenvalue weighted by atomic mass is 35.5. The van der Waals surface area contributed by atoms with Crippen LogP contribution in [-0.2, 0) is 5.41 Å². The predicted molar refractivity (Wildman–Crippen MR) is 80.5 cm³/mol. The average molecular weight is 289 g/mol. The van der Waals surface area contributed by atoms with E-state index < -0.39 is 6.10 Å². The smallest absolute Gasteiger partial charge is 0.123 e. The number of aliphatic hydroxyl groups excluding tert-OH is 1. The Balaban J connectivity index is 1.99. The normalized spacial score (nSPS) is 17.4. The van der Waals surface area contributed by atoms with Gasteiger partial charge in [-0.25, -0.2) is 0 Å². The standard InChI is InChI=1S/C17H17ClO2/c1-17(2)10-20-15-7-6-12(9-14(15)17)16(19)11-4-3-5-13(18)8-11/h3-9,16,19H,10H2,1-2H3. The van der Waals surface area contributed by atoms with Crippen molar-refractivity contribution in [3.63, 3.8) is 0 Å². The zero-order valence-corrected chi connectivity index (χ0v) is 12.3. The summed E-state index contributed by atoms with van der Waals surface area (Å²) in [6.45, 7) is 4.97.